The number of carbonyl (C=O) groups excluding carboxylic acids is 1. The SMILES string of the molecule is Cc1ccc(NC(=O)Cn2cnc(N)n2)c(Cl)c1. The number of hydrogen-bond donors (Lipinski definition) is 2. The van der Waals surface area contributed by atoms with Gasteiger partial charge in [-0.3, -0.25) is 4.79 Å². The summed E-state index contributed by atoms with van der Waals surface area (Å²) in [5.41, 5.74) is 6.95. The van der Waals surface area contributed by atoms with E-state index < -0.39 is 0 Å². The molecule has 1 aromatic carbocycles. The molecule has 2 aromatic rings. The minimum Gasteiger partial charge on any atom is -0.367 e. The highest BCUT2D eigenvalue weighted by Crippen LogP contribution is 2.22. The van der Waals surface area contributed by atoms with Crippen LogP contribution in [0.3, 0.4) is 0 Å². The lowest BCUT2D eigenvalue weighted by Crippen LogP contribution is -2.19. The minimum atomic E-state index is -0.245. The van der Waals surface area contributed by atoms with E-state index >= 15 is 0 Å². The number of halogens is 1. The average molecular weight is 266 g/mol. The third kappa shape index (κ3) is 2.98. The van der Waals surface area contributed by atoms with Crippen molar-refractivity contribution >= 4 is 29.1 Å². The summed E-state index contributed by atoms with van der Waals surface area (Å²) < 4.78 is 1.35. The van der Waals surface area contributed by atoms with Crippen molar-refractivity contribution in [2.75, 3.05) is 11.1 Å². The van der Waals surface area contributed by atoms with Crippen LogP contribution in [-0.4, -0.2) is 20.7 Å². The van der Waals surface area contributed by atoms with Gasteiger partial charge >= 0.3 is 0 Å². The number of hydrogen-bond acceptors (Lipinski definition) is 4. The summed E-state index contributed by atoms with van der Waals surface area (Å²) in [4.78, 5) is 15.5. The van der Waals surface area contributed by atoms with Crippen LogP contribution in [0.1, 0.15) is 5.56 Å². The maximum atomic E-state index is 11.7. The van der Waals surface area contributed by atoms with E-state index in [1.54, 1.807) is 12.1 Å². The number of amides is 1. The van der Waals surface area contributed by atoms with E-state index in [0.717, 1.165) is 5.56 Å². The molecule has 94 valence electrons. The van der Waals surface area contributed by atoms with E-state index in [9.17, 15) is 4.79 Å². The van der Waals surface area contributed by atoms with Crippen molar-refractivity contribution in [3.8, 4) is 0 Å². The first kappa shape index (κ1) is 12.4. The predicted octanol–water partition coefficient (Wildman–Crippen LogP) is 1.46. The molecule has 1 aromatic heterocycles. The number of rotatable bonds is 3. The largest absolute Gasteiger partial charge is 0.367 e. The molecule has 0 atom stereocenters. The molecular formula is C11H12ClN5O. The minimum absolute atomic E-state index is 0.0361. The molecule has 7 heteroatoms. The molecular weight excluding hydrogens is 254 g/mol. The molecule has 0 aliphatic heterocycles. The highest BCUT2D eigenvalue weighted by molar-refractivity contribution is 6.33. The van der Waals surface area contributed by atoms with Crippen LogP contribution < -0.4 is 11.1 Å². The van der Waals surface area contributed by atoms with Crippen LogP contribution in [0, 0.1) is 6.92 Å². The first-order valence-electron chi connectivity index (χ1n) is 5.25. The van der Waals surface area contributed by atoms with Crippen LogP contribution in [0.5, 0.6) is 0 Å². The van der Waals surface area contributed by atoms with Gasteiger partial charge in [-0.05, 0) is 24.6 Å². The average Bonchev–Trinajstić information content (AvgIpc) is 2.68. The Hall–Kier alpha value is -2.08. The van der Waals surface area contributed by atoms with Gasteiger partial charge in [0.05, 0.1) is 10.7 Å². The lowest BCUT2D eigenvalue weighted by Gasteiger charge is -2.07. The summed E-state index contributed by atoms with van der Waals surface area (Å²) in [6, 6.07) is 5.41. The third-order valence-corrected chi connectivity index (χ3v) is 2.57. The number of anilines is 2. The quantitative estimate of drug-likeness (QED) is 0.880. The van der Waals surface area contributed by atoms with Crippen molar-refractivity contribution in [3.05, 3.63) is 35.1 Å². The Morgan fingerprint density at radius 1 is 1.56 bits per heavy atom. The van der Waals surface area contributed by atoms with E-state index in [1.807, 2.05) is 13.0 Å². The Labute approximate surface area is 109 Å². The van der Waals surface area contributed by atoms with E-state index in [4.69, 9.17) is 17.3 Å². The van der Waals surface area contributed by atoms with Crippen LogP contribution in [0.25, 0.3) is 0 Å². The highest BCUT2D eigenvalue weighted by Gasteiger charge is 2.07. The van der Waals surface area contributed by atoms with E-state index in [2.05, 4.69) is 15.4 Å². The first-order chi connectivity index (χ1) is 8.54. The van der Waals surface area contributed by atoms with Gasteiger partial charge in [0.15, 0.2) is 0 Å². The number of carbonyl (C=O) groups is 1. The molecule has 0 radical (unpaired) electrons. The van der Waals surface area contributed by atoms with Gasteiger partial charge in [0.2, 0.25) is 11.9 Å². The van der Waals surface area contributed by atoms with Gasteiger partial charge in [-0.1, -0.05) is 17.7 Å². The molecule has 6 nitrogen and oxygen atoms in total. The normalized spacial score (nSPS) is 10.3. The second-order valence-corrected chi connectivity index (χ2v) is 4.24. The molecule has 2 rings (SSSR count). The Bertz CT molecular complexity index is 581. The van der Waals surface area contributed by atoms with Crippen LogP contribution in [0.4, 0.5) is 11.6 Å². The topological polar surface area (TPSA) is 85.8 Å². The zero-order valence-corrected chi connectivity index (χ0v) is 10.5. The lowest BCUT2D eigenvalue weighted by atomic mass is 10.2. The van der Waals surface area contributed by atoms with Gasteiger partial charge in [0, 0.05) is 0 Å². The standard InChI is InChI=1S/C11H12ClN5O/c1-7-2-3-9(8(12)4-7)15-10(18)5-17-6-14-11(13)16-17/h2-4,6H,5H2,1H3,(H2,13,16)(H,15,18). The highest BCUT2D eigenvalue weighted by atomic mass is 35.5. The monoisotopic (exact) mass is 265 g/mol. The molecule has 0 aliphatic carbocycles. The van der Waals surface area contributed by atoms with E-state index in [0.29, 0.717) is 10.7 Å². The number of benzene rings is 1. The Balaban J connectivity index is 2.03. The van der Waals surface area contributed by atoms with E-state index in [-0.39, 0.29) is 18.4 Å². The number of nitrogen functional groups attached to an aromatic ring is 1. The fraction of sp³-hybridized carbons (Fsp3) is 0.182. The molecule has 0 aliphatic rings. The second-order valence-electron chi connectivity index (χ2n) is 3.83. The van der Waals surface area contributed by atoms with Gasteiger partial charge < -0.3 is 11.1 Å². The molecule has 0 saturated heterocycles. The van der Waals surface area contributed by atoms with Crippen LogP contribution >= 0.6 is 11.6 Å². The molecule has 18 heavy (non-hydrogen) atoms. The summed E-state index contributed by atoms with van der Waals surface area (Å²) >= 11 is 6.01. The van der Waals surface area contributed by atoms with Crippen LogP contribution in [-0.2, 0) is 11.3 Å². The van der Waals surface area contributed by atoms with Gasteiger partial charge in [0.1, 0.15) is 12.9 Å². The Kier molecular flexibility index (Phi) is 3.47. The fourth-order valence-electron chi connectivity index (χ4n) is 1.44. The number of nitrogens with two attached hydrogens (primary N) is 1. The number of nitrogens with one attached hydrogen (secondary N) is 1. The number of aromatic nitrogens is 3. The smallest absolute Gasteiger partial charge is 0.246 e. The van der Waals surface area contributed by atoms with Crippen molar-refractivity contribution in [2.45, 2.75) is 13.5 Å². The molecule has 0 unspecified atom stereocenters. The molecule has 0 spiro atoms. The lowest BCUT2D eigenvalue weighted by molar-refractivity contribution is -0.116. The van der Waals surface area contributed by atoms with Gasteiger partial charge in [-0.15, -0.1) is 5.10 Å². The second kappa shape index (κ2) is 5.05. The van der Waals surface area contributed by atoms with Crippen molar-refractivity contribution in [2.24, 2.45) is 0 Å². The number of aryl methyl sites for hydroxylation is 1. The van der Waals surface area contributed by atoms with E-state index in [1.165, 1.54) is 11.0 Å². The van der Waals surface area contributed by atoms with Crippen molar-refractivity contribution in [1.29, 1.82) is 0 Å². The molecule has 0 saturated carbocycles. The summed E-state index contributed by atoms with van der Waals surface area (Å²) in [6.45, 7) is 1.96. The maximum absolute atomic E-state index is 11.7. The Morgan fingerprint density at radius 3 is 2.94 bits per heavy atom. The molecule has 1 amide bonds. The van der Waals surface area contributed by atoms with Crippen LogP contribution in [0.2, 0.25) is 5.02 Å². The Morgan fingerprint density at radius 2 is 2.33 bits per heavy atom. The van der Waals surface area contributed by atoms with Crippen molar-refractivity contribution in [1.82, 2.24) is 14.8 Å². The van der Waals surface area contributed by atoms with Crippen molar-refractivity contribution < 1.29 is 4.79 Å². The van der Waals surface area contributed by atoms with Crippen molar-refractivity contribution in [3.63, 3.8) is 0 Å². The molecule has 0 bridgehead atoms. The van der Waals surface area contributed by atoms with Gasteiger partial charge in [-0.2, -0.15) is 0 Å². The summed E-state index contributed by atoms with van der Waals surface area (Å²) in [5, 5.41) is 7.01. The summed E-state index contributed by atoms with van der Waals surface area (Å²) in [7, 11) is 0. The fourth-order valence-corrected chi connectivity index (χ4v) is 1.73. The summed E-state index contributed by atoms with van der Waals surface area (Å²) in [5.74, 6) is -0.109. The zero-order valence-electron chi connectivity index (χ0n) is 9.72. The molecule has 0 fully saturated rings. The van der Waals surface area contributed by atoms with Crippen LogP contribution in [0.15, 0.2) is 24.5 Å². The predicted molar refractivity (Wildman–Crippen MR) is 69.3 cm³/mol. The maximum Gasteiger partial charge on any atom is 0.246 e. The van der Waals surface area contributed by atoms with Gasteiger partial charge in [0.25, 0.3) is 0 Å². The first-order valence-corrected chi connectivity index (χ1v) is 5.63. The molecule has 3 N–H and O–H groups in total. The van der Waals surface area contributed by atoms with Gasteiger partial charge in [-0.25, -0.2) is 9.67 Å². The zero-order chi connectivity index (χ0) is 13.1. The number of nitrogens with zero attached hydrogens (tertiary/aromatic N) is 3. The summed E-state index contributed by atoms with van der Waals surface area (Å²) in [6.07, 6.45) is 1.39. The third-order valence-electron chi connectivity index (χ3n) is 2.26. The molecule has 1 heterocycles.